The fourth-order valence-electron chi connectivity index (χ4n) is 4.36. The molecular weight excluding hydrogens is 429 g/mol. The van der Waals surface area contributed by atoms with Crippen LogP contribution in [0.5, 0.6) is 0 Å². The number of nitrogens with one attached hydrogen (secondary N) is 1. The molecule has 2 N–H and O–H groups in total. The number of anilines is 1. The Balaban J connectivity index is 0.00000204. The molecule has 0 radical (unpaired) electrons. The SMILES string of the molecule is CCC(=O)N(CCc1c[nH]c2ccccc12)CC1CCN(c2ncc(C(=O)O)cn2)CC1.[H-].[Na+]. The van der Waals surface area contributed by atoms with E-state index in [-0.39, 0.29) is 42.5 Å². The number of carboxylic acids is 1. The number of piperidine rings is 1. The molecule has 8 nitrogen and oxygen atoms in total. The van der Waals surface area contributed by atoms with Crippen LogP contribution < -0.4 is 34.5 Å². The topological polar surface area (TPSA) is 102 Å². The molecule has 1 aliphatic heterocycles. The number of H-pyrrole nitrogens is 1. The van der Waals surface area contributed by atoms with E-state index in [2.05, 4.69) is 32.0 Å². The Morgan fingerprint density at radius 3 is 2.58 bits per heavy atom. The molecular formula is C24H30N5NaO3. The van der Waals surface area contributed by atoms with Crippen LogP contribution in [-0.4, -0.2) is 63.0 Å². The van der Waals surface area contributed by atoms with Gasteiger partial charge >= 0.3 is 35.5 Å². The van der Waals surface area contributed by atoms with Crippen molar-refractivity contribution in [2.24, 2.45) is 5.92 Å². The second-order valence-electron chi connectivity index (χ2n) is 8.31. The maximum atomic E-state index is 12.6. The summed E-state index contributed by atoms with van der Waals surface area (Å²) in [5, 5.41) is 10.2. The smallest absolute Gasteiger partial charge is 1.00 e. The van der Waals surface area contributed by atoms with Crippen LogP contribution in [-0.2, 0) is 11.2 Å². The molecule has 9 heteroatoms. The summed E-state index contributed by atoms with van der Waals surface area (Å²) in [5.74, 6) is 0.167. The number of fused-ring (bicyclic) bond motifs is 1. The van der Waals surface area contributed by atoms with Crippen LogP contribution in [0.2, 0.25) is 0 Å². The number of aromatic amines is 1. The van der Waals surface area contributed by atoms with Crippen LogP contribution in [0.3, 0.4) is 0 Å². The van der Waals surface area contributed by atoms with E-state index < -0.39 is 5.97 Å². The third-order valence-corrected chi connectivity index (χ3v) is 6.24. The van der Waals surface area contributed by atoms with Gasteiger partial charge in [-0.1, -0.05) is 25.1 Å². The normalized spacial score (nSPS) is 14.2. The van der Waals surface area contributed by atoms with Crippen molar-refractivity contribution in [1.82, 2.24) is 19.9 Å². The molecule has 1 fully saturated rings. The minimum atomic E-state index is -1.02. The third-order valence-electron chi connectivity index (χ3n) is 6.24. The minimum absolute atomic E-state index is 0. The van der Waals surface area contributed by atoms with E-state index in [0.29, 0.717) is 24.8 Å². The van der Waals surface area contributed by atoms with E-state index in [1.54, 1.807) is 0 Å². The summed E-state index contributed by atoms with van der Waals surface area (Å²) in [6.07, 6.45) is 7.99. The number of benzene rings is 1. The molecule has 0 unspecified atom stereocenters. The third kappa shape index (κ3) is 6.13. The van der Waals surface area contributed by atoms with Crippen molar-refractivity contribution in [2.75, 3.05) is 31.1 Å². The largest absolute Gasteiger partial charge is 1.00 e. The molecule has 1 saturated heterocycles. The van der Waals surface area contributed by atoms with Gasteiger partial charge in [0.25, 0.3) is 0 Å². The first-order valence-electron chi connectivity index (χ1n) is 11.2. The van der Waals surface area contributed by atoms with E-state index in [1.165, 1.54) is 23.3 Å². The summed E-state index contributed by atoms with van der Waals surface area (Å²) in [6, 6.07) is 8.25. The number of para-hydroxylation sites is 1. The average molecular weight is 460 g/mol. The second kappa shape index (κ2) is 11.6. The van der Waals surface area contributed by atoms with Gasteiger partial charge in [-0.2, -0.15) is 0 Å². The van der Waals surface area contributed by atoms with Crippen LogP contribution in [0.4, 0.5) is 5.95 Å². The van der Waals surface area contributed by atoms with Crippen molar-refractivity contribution >= 4 is 28.7 Å². The molecule has 1 aromatic carbocycles. The summed E-state index contributed by atoms with van der Waals surface area (Å²) in [4.78, 5) is 39.4. The molecule has 4 rings (SSSR count). The van der Waals surface area contributed by atoms with Gasteiger partial charge in [0, 0.05) is 62.1 Å². The first-order valence-corrected chi connectivity index (χ1v) is 11.2. The van der Waals surface area contributed by atoms with Crippen LogP contribution in [0.15, 0.2) is 42.9 Å². The number of aromatic carboxylic acids is 1. The van der Waals surface area contributed by atoms with Gasteiger partial charge in [0.1, 0.15) is 0 Å². The molecule has 1 aliphatic rings. The average Bonchev–Trinajstić information content (AvgIpc) is 3.25. The van der Waals surface area contributed by atoms with Gasteiger partial charge in [-0.15, -0.1) is 0 Å². The van der Waals surface area contributed by atoms with E-state index in [1.807, 2.05) is 30.2 Å². The Labute approximate surface area is 217 Å². The second-order valence-corrected chi connectivity index (χ2v) is 8.31. The van der Waals surface area contributed by atoms with Gasteiger partial charge in [-0.3, -0.25) is 4.79 Å². The predicted octanol–water partition coefficient (Wildman–Crippen LogP) is 0.470. The van der Waals surface area contributed by atoms with Gasteiger partial charge in [-0.05, 0) is 36.8 Å². The van der Waals surface area contributed by atoms with Crippen molar-refractivity contribution in [1.29, 1.82) is 0 Å². The van der Waals surface area contributed by atoms with Crippen molar-refractivity contribution in [2.45, 2.75) is 32.6 Å². The van der Waals surface area contributed by atoms with Gasteiger partial charge < -0.3 is 21.3 Å². The monoisotopic (exact) mass is 459 g/mol. The van der Waals surface area contributed by atoms with E-state index in [0.717, 1.165) is 44.4 Å². The zero-order valence-electron chi connectivity index (χ0n) is 20.3. The molecule has 3 aromatic rings. The van der Waals surface area contributed by atoms with Crippen LogP contribution in [0.1, 0.15) is 43.5 Å². The van der Waals surface area contributed by atoms with Crippen molar-refractivity contribution < 1.29 is 45.7 Å². The Hall–Kier alpha value is -2.42. The minimum Gasteiger partial charge on any atom is -1.00 e. The summed E-state index contributed by atoms with van der Waals surface area (Å²) in [7, 11) is 0. The van der Waals surface area contributed by atoms with E-state index in [9.17, 15) is 9.59 Å². The molecule has 0 aliphatic carbocycles. The molecule has 0 atom stereocenters. The molecule has 1 amide bonds. The molecule has 0 saturated carbocycles. The maximum Gasteiger partial charge on any atom is 1.00 e. The summed E-state index contributed by atoms with van der Waals surface area (Å²) >= 11 is 0. The molecule has 2 aromatic heterocycles. The summed E-state index contributed by atoms with van der Waals surface area (Å²) in [6.45, 7) is 5.00. The quantitative estimate of drug-likeness (QED) is 0.475. The predicted molar refractivity (Wildman–Crippen MR) is 124 cm³/mol. The Morgan fingerprint density at radius 2 is 1.91 bits per heavy atom. The number of carbonyl (C=O) groups excluding carboxylic acids is 1. The van der Waals surface area contributed by atoms with Crippen molar-refractivity contribution in [3.8, 4) is 0 Å². The zero-order chi connectivity index (χ0) is 22.5. The fourth-order valence-corrected chi connectivity index (χ4v) is 4.36. The maximum absolute atomic E-state index is 12.6. The number of amides is 1. The van der Waals surface area contributed by atoms with Crippen molar-refractivity contribution in [3.63, 3.8) is 0 Å². The molecule has 0 spiro atoms. The number of hydrogen-bond acceptors (Lipinski definition) is 5. The number of rotatable bonds is 8. The van der Waals surface area contributed by atoms with Gasteiger partial charge in [0.2, 0.25) is 11.9 Å². The first kappa shape index (κ1) is 25.2. The molecule has 170 valence electrons. The van der Waals surface area contributed by atoms with E-state index >= 15 is 0 Å². The Kier molecular flexibility index (Phi) is 8.88. The van der Waals surface area contributed by atoms with Gasteiger partial charge in [0.15, 0.2) is 0 Å². The molecule has 3 heterocycles. The Bertz CT molecular complexity index is 1080. The zero-order valence-corrected chi connectivity index (χ0v) is 21.3. The molecule has 33 heavy (non-hydrogen) atoms. The number of nitrogens with zero attached hydrogens (tertiary/aromatic N) is 4. The first-order chi connectivity index (χ1) is 15.5. The summed E-state index contributed by atoms with van der Waals surface area (Å²) < 4.78 is 0. The van der Waals surface area contributed by atoms with Gasteiger partial charge in [-0.25, -0.2) is 14.8 Å². The number of carboxylic acid groups (broad SMARTS) is 1. The van der Waals surface area contributed by atoms with Crippen LogP contribution in [0.25, 0.3) is 10.9 Å². The Morgan fingerprint density at radius 1 is 1.21 bits per heavy atom. The molecule has 0 bridgehead atoms. The van der Waals surface area contributed by atoms with Crippen molar-refractivity contribution in [3.05, 3.63) is 54.0 Å². The fraction of sp³-hybridized carbons (Fsp3) is 0.417. The van der Waals surface area contributed by atoms with E-state index in [4.69, 9.17) is 5.11 Å². The number of aromatic nitrogens is 3. The summed E-state index contributed by atoms with van der Waals surface area (Å²) in [5.41, 5.74) is 2.46. The standard InChI is InChI=1S/C24H29N5O3.Na.H/c1-2-22(30)29(12-9-18-13-25-21-6-4-3-5-20(18)21)16-17-7-10-28(11-8-17)24-26-14-19(15-27-24)23(31)32;;/h3-6,13-15,17,25H,2,7-12,16H2,1H3,(H,31,32);;/q;+1;-1. The van der Waals surface area contributed by atoms with Crippen LogP contribution in [0, 0.1) is 5.92 Å². The van der Waals surface area contributed by atoms with Crippen LogP contribution >= 0.6 is 0 Å². The number of carbonyl (C=O) groups is 2. The number of hydrogen-bond donors (Lipinski definition) is 2. The van der Waals surface area contributed by atoms with Gasteiger partial charge in [0.05, 0.1) is 5.56 Å².